The van der Waals surface area contributed by atoms with Crippen LogP contribution >= 0.6 is 0 Å². The summed E-state index contributed by atoms with van der Waals surface area (Å²) in [6.07, 6.45) is 1.54. The normalized spacial score (nSPS) is 13.9. The maximum atomic E-state index is 12.5. The number of benzene rings is 1. The molecule has 4 nitrogen and oxygen atoms in total. The first-order valence-electron chi connectivity index (χ1n) is 7.16. The third kappa shape index (κ3) is 3.18. The molecule has 0 unspecified atom stereocenters. The molecule has 1 aliphatic rings. The molecule has 1 aliphatic carbocycles. The molecule has 0 N–H and O–H groups in total. The Morgan fingerprint density at radius 1 is 1.20 bits per heavy atom. The van der Waals surface area contributed by atoms with Gasteiger partial charge in [0.25, 0.3) is 0 Å². The quantitative estimate of drug-likeness (QED) is 0.770. The van der Waals surface area contributed by atoms with Gasteiger partial charge in [0.2, 0.25) is 5.91 Å². The Labute approximate surface area is 119 Å². The van der Waals surface area contributed by atoms with E-state index in [0.717, 1.165) is 12.8 Å². The zero-order valence-corrected chi connectivity index (χ0v) is 12.1. The van der Waals surface area contributed by atoms with E-state index in [-0.39, 0.29) is 24.3 Å². The van der Waals surface area contributed by atoms with Gasteiger partial charge in [0.05, 0.1) is 6.61 Å². The Balaban J connectivity index is 1.99. The fraction of sp³-hybridized carbons (Fsp3) is 0.500. The summed E-state index contributed by atoms with van der Waals surface area (Å²) in [6, 6.07) is 8.15. The molecule has 1 amide bonds. The average molecular weight is 275 g/mol. The zero-order valence-electron chi connectivity index (χ0n) is 12.1. The lowest BCUT2D eigenvalue weighted by atomic mass is 10.0. The second-order valence-corrected chi connectivity index (χ2v) is 5.03. The number of carbonyl (C=O) groups excluding carboxylic acids is 2. The van der Waals surface area contributed by atoms with Crippen molar-refractivity contribution < 1.29 is 14.3 Å². The highest BCUT2D eigenvalue weighted by atomic mass is 16.5. The minimum absolute atomic E-state index is 0.0400. The predicted molar refractivity (Wildman–Crippen MR) is 76.2 cm³/mol. The molecule has 0 fully saturated rings. The molecule has 0 aliphatic heterocycles. The molecule has 0 saturated heterocycles. The van der Waals surface area contributed by atoms with Crippen molar-refractivity contribution in [3.05, 3.63) is 35.4 Å². The zero-order chi connectivity index (χ0) is 14.5. The Kier molecular flexibility index (Phi) is 4.77. The molecule has 20 heavy (non-hydrogen) atoms. The van der Waals surface area contributed by atoms with Crippen molar-refractivity contribution in [2.75, 3.05) is 19.7 Å². The van der Waals surface area contributed by atoms with E-state index in [1.165, 1.54) is 11.1 Å². The lowest BCUT2D eigenvalue weighted by Crippen LogP contribution is -2.40. The van der Waals surface area contributed by atoms with Crippen molar-refractivity contribution in [3.63, 3.8) is 0 Å². The van der Waals surface area contributed by atoms with Crippen LogP contribution in [0, 0.1) is 5.92 Å². The standard InChI is InChI=1S/C16H21NO3/c1-3-17(11-15(18)20-4-2)16(19)14-9-12-7-5-6-8-13(12)10-14/h5-8,14H,3-4,9-11H2,1-2H3. The van der Waals surface area contributed by atoms with E-state index in [4.69, 9.17) is 4.74 Å². The largest absolute Gasteiger partial charge is 0.465 e. The molecule has 108 valence electrons. The molecule has 2 rings (SSSR count). The van der Waals surface area contributed by atoms with Crippen LogP contribution in [0.15, 0.2) is 24.3 Å². The van der Waals surface area contributed by atoms with Gasteiger partial charge in [-0.2, -0.15) is 0 Å². The molecule has 0 heterocycles. The van der Waals surface area contributed by atoms with Gasteiger partial charge in [0, 0.05) is 12.5 Å². The van der Waals surface area contributed by atoms with E-state index < -0.39 is 0 Å². The maximum Gasteiger partial charge on any atom is 0.325 e. The molecule has 0 saturated carbocycles. The van der Waals surface area contributed by atoms with Crippen LogP contribution in [0.5, 0.6) is 0 Å². The summed E-state index contributed by atoms with van der Waals surface area (Å²) in [6.45, 7) is 4.59. The van der Waals surface area contributed by atoms with Gasteiger partial charge in [0.1, 0.15) is 6.54 Å². The van der Waals surface area contributed by atoms with Crippen LogP contribution in [0.3, 0.4) is 0 Å². The molecule has 1 aromatic carbocycles. The van der Waals surface area contributed by atoms with Gasteiger partial charge < -0.3 is 9.64 Å². The van der Waals surface area contributed by atoms with Crippen molar-refractivity contribution in [2.45, 2.75) is 26.7 Å². The highest BCUT2D eigenvalue weighted by molar-refractivity contribution is 5.84. The Morgan fingerprint density at radius 2 is 1.80 bits per heavy atom. The van der Waals surface area contributed by atoms with Gasteiger partial charge in [-0.05, 0) is 37.8 Å². The van der Waals surface area contributed by atoms with Crippen LogP contribution in [-0.4, -0.2) is 36.5 Å². The van der Waals surface area contributed by atoms with Crippen LogP contribution in [0.4, 0.5) is 0 Å². The van der Waals surface area contributed by atoms with Crippen LogP contribution in [0.25, 0.3) is 0 Å². The summed E-state index contributed by atoms with van der Waals surface area (Å²) in [5.74, 6) is -0.322. The molecule has 0 spiro atoms. The smallest absolute Gasteiger partial charge is 0.325 e. The third-order valence-corrected chi connectivity index (χ3v) is 3.72. The number of fused-ring (bicyclic) bond motifs is 1. The number of likely N-dealkylation sites (N-methyl/N-ethyl adjacent to an activating group) is 1. The summed E-state index contributed by atoms with van der Waals surface area (Å²) >= 11 is 0. The van der Waals surface area contributed by atoms with Gasteiger partial charge in [-0.25, -0.2) is 0 Å². The summed E-state index contributed by atoms with van der Waals surface area (Å²) in [5.41, 5.74) is 2.50. The number of rotatable bonds is 5. The predicted octanol–water partition coefficient (Wildman–Crippen LogP) is 1.81. The third-order valence-electron chi connectivity index (χ3n) is 3.72. The number of esters is 1. The molecule has 4 heteroatoms. The fourth-order valence-corrected chi connectivity index (χ4v) is 2.70. The number of amides is 1. The summed E-state index contributed by atoms with van der Waals surface area (Å²) < 4.78 is 4.92. The van der Waals surface area contributed by atoms with E-state index in [1.54, 1.807) is 11.8 Å². The maximum absolute atomic E-state index is 12.5. The first kappa shape index (κ1) is 14.6. The average Bonchev–Trinajstić information content (AvgIpc) is 2.88. The number of nitrogens with zero attached hydrogens (tertiary/aromatic N) is 1. The molecular formula is C16H21NO3. The Morgan fingerprint density at radius 3 is 2.30 bits per heavy atom. The lowest BCUT2D eigenvalue weighted by Gasteiger charge is -2.23. The molecule has 1 aromatic rings. The minimum Gasteiger partial charge on any atom is -0.465 e. The van der Waals surface area contributed by atoms with E-state index >= 15 is 0 Å². The van der Waals surface area contributed by atoms with Crippen molar-refractivity contribution >= 4 is 11.9 Å². The highest BCUT2D eigenvalue weighted by Crippen LogP contribution is 2.27. The van der Waals surface area contributed by atoms with Gasteiger partial charge in [-0.3, -0.25) is 9.59 Å². The molecule has 0 aromatic heterocycles. The number of ether oxygens (including phenoxy) is 1. The van der Waals surface area contributed by atoms with E-state index in [9.17, 15) is 9.59 Å². The topological polar surface area (TPSA) is 46.6 Å². The lowest BCUT2D eigenvalue weighted by molar-refractivity contribution is -0.150. The summed E-state index contributed by atoms with van der Waals surface area (Å²) in [7, 11) is 0. The molecular weight excluding hydrogens is 254 g/mol. The first-order valence-corrected chi connectivity index (χ1v) is 7.16. The van der Waals surface area contributed by atoms with Gasteiger partial charge >= 0.3 is 5.97 Å². The van der Waals surface area contributed by atoms with Crippen LogP contribution < -0.4 is 0 Å². The van der Waals surface area contributed by atoms with Gasteiger partial charge in [-0.15, -0.1) is 0 Å². The van der Waals surface area contributed by atoms with Crippen LogP contribution in [0.1, 0.15) is 25.0 Å². The Bertz CT molecular complexity index is 473. The first-order chi connectivity index (χ1) is 9.65. The molecule has 0 atom stereocenters. The highest BCUT2D eigenvalue weighted by Gasteiger charge is 2.30. The van der Waals surface area contributed by atoms with Crippen molar-refractivity contribution in [2.24, 2.45) is 5.92 Å². The van der Waals surface area contributed by atoms with Crippen molar-refractivity contribution in [1.82, 2.24) is 4.90 Å². The number of carbonyl (C=O) groups is 2. The van der Waals surface area contributed by atoms with Gasteiger partial charge in [0.15, 0.2) is 0 Å². The number of hydrogen-bond donors (Lipinski definition) is 0. The van der Waals surface area contributed by atoms with Crippen LogP contribution in [-0.2, 0) is 27.2 Å². The SMILES string of the molecule is CCOC(=O)CN(CC)C(=O)C1Cc2ccccc2C1. The van der Waals surface area contributed by atoms with Crippen molar-refractivity contribution in [3.8, 4) is 0 Å². The van der Waals surface area contributed by atoms with Gasteiger partial charge in [-0.1, -0.05) is 24.3 Å². The van der Waals surface area contributed by atoms with Crippen molar-refractivity contribution in [1.29, 1.82) is 0 Å². The monoisotopic (exact) mass is 275 g/mol. The molecule has 0 bridgehead atoms. The summed E-state index contributed by atoms with van der Waals surface area (Å²) in [4.78, 5) is 25.6. The Hall–Kier alpha value is -1.84. The van der Waals surface area contributed by atoms with E-state index in [1.807, 2.05) is 19.1 Å². The molecule has 0 radical (unpaired) electrons. The van der Waals surface area contributed by atoms with E-state index in [2.05, 4.69) is 12.1 Å². The second kappa shape index (κ2) is 6.55. The second-order valence-electron chi connectivity index (χ2n) is 5.03. The number of hydrogen-bond acceptors (Lipinski definition) is 3. The van der Waals surface area contributed by atoms with Crippen LogP contribution in [0.2, 0.25) is 0 Å². The fourth-order valence-electron chi connectivity index (χ4n) is 2.70. The minimum atomic E-state index is -0.335. The summed E-state index contributed by atoms with van der Waals surface area (Å²) in [5, 5.41) is 0. The van der Waals surface area contributed by atoms with E-state index in [0.29, 0.717) is 13.2 Å².